The van der Waals surface area contributed by atoms with Crippen LogP contribution in [0.1, 0.15) is 15.9 Å². The van der Waals surface area contributed by atoms with Gasteiger partial charge in [-0.25, -0.2) is 4.39 Å². The topological polar surface area (TPSA) is 38.1 Å². The monoisotopic (exact) mass is 351 g/mol. The third-order valence-corrected chi connectivity index (χ3v) is 3.45. The van der Waals surface area contributed by atoms with E-state index in [1.54, 1.807) is 36.1 Å². The van der Waals surface area contributed by atoms with E-state index in [4.69, 9.17) is 0 Å². The van der Waals surface area contributed by atoms with Crippen LogP contribution < -0.4 is 0 Å². The van der Waals surface area contributed by atoms with Crippen LogP contribution in [0.3, 0.4) is 0 Å². The highest BCUT2D eigenvalue weighted by atomic mass is 79.9. The molecule has 2 rings (SSSR count). The lowest BCUT2D eigenvalue weighted by Crippen LogP contribution is -2.30. The molecule has 1 aromatic heterocycles. The second-order valence-electron chi connectivity index (χ2n) is 4.61. The minimum Gasteiger partial charge on any atom is -0.330 e. The van der Waals surface area contributed by atoms with Crippen LogP contribution in [0.5, 0.6) is 0 Å². The summed E-state index contributed by atoms with van der Waals surface area (Å²) in [5.41, 5.74) is 0.915. The normalized spacial score (nSPS) is 10.4. The first-order valence-electron chi connectivity index (χ1n) is 6.34. The van der Waals surface area contributed by atoms with E-state index in [-0.39, 0.29) is 18.3 Å². The molecule has 0 radical (unpaired) electrons. The van der Waals surface area contributed by atoms with Gasteiger partial charge in [0.2, 0.25) is 0 Å². The smallest absolute Gasteiger partial charge is 0.257 e. The van der Waals surface area contributed by atoms with Crippen LogP contribution >= 0.6 is 15.9 Å². The van der Waals surface area contributed by atoms with Crippen molar-refractivity contribution < 1.29 is 9.18 Å². The minimum absolute atomic E-state index is 0.172. The molecule has 4 nitrogen and oxygen atoms in total. The first-order chi connectivity index (χ1) is 10.0. The second kappa shape index (κ2) is 6.67. The van der Waals surface area contributed by atoms with Gasteiger partial charge in [0.15, 0.2) is 0 Å². The van der Waals surface area contributed by atoms with Crippen molar-refractivity contribution in [3.8, 4) is 0 Å². The lowest BCUT2D eigenvalue weighted by molar-refractivity contribution is 0.0761. The van der Waals surface area contributed by atoms with Crippen molar-refractivity contribution in [3.05, 3.63) is 64.7 Å². The number of hydrogen-bond donors (Lipinski definition) is 0. The Morgan fingerprint density at radius 2 is 2.33 bits per heavy atom. The van der Waals surface area contributed by atoms with E-state index >= 15 is 0 Å². The molecular weight excluding hydrogens is 337 g/mol. The maximum Gasteiger partial charge on any atom is 0.257 e. The van der Waals surface area contributed by atoms with Gasteiger partial charge in [-0.2, -0.15) is 5.10 Å². The molecule has 2 aromatic rings. The van der Waals surface area contributed by atoms with Crippen molar-refractivity contribution >= 4 is 21.8 Å². The zero-order chi connectivity index (χ0) is 15.4. The fourth-order valence-corrected chi connectivity index (χ4v) is 2.37. The molecule has 0 saturated carbocycles. The summed E-state index contributed by atoms with van der Waals surface area (Å²) in [7, 11) is 1.74. The van der Waals surface area contributed by atoms with Crippen molar-refractivity contribution in [2.24, 2.45) is 7.05 Å². The van der Waals surface area contributed by atoms with Crippen molar-refractivity contribution in [3.63, 3.8) is 0 Å². The quantitative estimate of drug-likeness (QED) is 0.776. The predicted molar refractivity (Wildman–Crippen MR) is 82.2 cm³/mol. The molecule has 0 unspecified atom stereocenters. The molecule has 0 fully saturated rings. The van der Waals surface area contributed by atoms with Crippen LogP contribution in [-0.2, 0) is 13.6 Å². The lowest BCUT2D eigenvalue weighted by atomic mass is 10.2. The van der Waals surface area contributed by atoms with Gasteiger partial charge in [-0.3, -0.25) is 9.48 Å². The van der Waals surface area contributed by atoms with Crippen molar-refractivity contribution in [2.45, 2.75) is 6.54 Å². The van der Waals surface area contributed by atoms with Gasteiger partial charge in [0, 0.05) is 36.4 Å². The molecule has 110 valence electrons. The van der Waals surface area contributed by atoms with Crippen LogP contribution in [0.25, 0.3) is 0 Å². The predicted octanol–water partition coefficient (Wildman–Crippen LogP) is 3.15. The van der Waals surface area contributed by atoms with E-state index in [2.05, 4.69) is 27.6 Å². The standard InChI is InChI=1S/C15H15BrFN3O/c1-3-6-20(15(21)12-8-18-19(2)9-12)10-11-7-13(16)4-5-14(11)17/h3-5,7-9H,1,6,10H2,2H3. The molecule has 21 heavy (non-hydrogen) atoms. The zero-order valence-electron chi connectivity index (χ0n) is 11.6. The summed E-state index contributed by atoms with van der Waals surface area (Å²) in [5.74, 6) is -0.548. The van der Waals surface area contributed by atoms with Gasteiger partial charge in [-0.05, 0) is 18.2 Å². The molecule has 0 aliphatic rings. The number of benzene rings is 1. The highest BCUT2D eigenvalue weighted by molar-refractivity contribution is 9.10. The van der Waals surface area contributed by atoms with Crippen molar-refractivity contribution in [2.75, 3.05) is 6.54 Å². The number of nitrogens with zero attached hydrogens (tertiary/aromatic N) is 3. The van der Waals surface area contributed by atoms with E-state index in [0.29, 0.717) is 17.7 Å². The fourth-order valence-electron chi connectivity index (χ4n) is 1.96. The van der Waals surface area contributed by atoms with E-state index in [1.807, 2.05) is 0 Å². The molecule has 1 heterocycles. The third-order valence-electron chi connectivity index (χ3n) is 2.96. The van der Waals surface area contributed by atoms with Gasteiger partial charge in [-0.1, -0.05) is 22.0 Å². The summed E-state index contributed by atoms with van der Waals surface area (Å²) in [6, 6.07) is 4.67. The molecule has 0 aliphatic carbocycles. The van der Waals surface area contributed by atoms with Crippen LogP contribution in [-0.4, -0.2) is 27.1 Å². The first kappa shape index (κ1) is 15.4. The van der Waals surface area contributed by atoms with Gasteiger partial charge in [-0.15, -0.1) is 6.58 Å². The molecule has 0 bridgehead atoms. The Bertz CT molecular complexity index is 669. The van der Waals surface area contributed by atoms with Crippen LogP contribution in [0, 0.1) is 5.82 Å². The average Bonchev–Trinajstić information content (AvgIpc) is 2.88. The van der Waals surface area contributed by atoms with Gasteiger partial charge < -0.3 is 4.90 Å². The summed E-state index contributed by atoms with van der Waals surface area (Å²) in [6.45, 7) is 4.15. The molecule has 0 spiro atoms. The van der Waals surface area contributed by atoms with E-state index < -0.39 is 0 Å². The maximum atomic E-state index is 13.8. The maximum absolute atomic E-state index is 13.8. The van der Waals surface area contributed by atoms with Gasteiger partial charge >= 0.3 is 0 Å². The van der Waals surface area contributed by atoms with Crippen molar-refractivity contribution in [1.29, 1.82) is 0 Å². The molecule has 6 heteroatoms. The molecule has 1 amide bonds. The fraction of sp³-hybridized carbons (Fsp3) is 0.200. The van der Waals surface area contributed by atoms with E-state index in [9.17, 15) is 9.18 Å². The minimum atomic E-state index is -0.341. The average molecular weight is 352 g/mol. The summed E-state index contributed by atoms with van der Waals surface area (Å²) >= 11 is 3.31. The first-order valence-corrected chi connectivity index (χ1v) is 7.13. The number of rotatable bonds is 5. The Balaban J connectivity index is 2.24. The number of carbonyl (C=O) groups excluding carboxylic acids is 1. The van der Waals surface area contributed by atoms with E-state index in [1.165, 1.54) is 17.2 Å². The molecular formula is C15H15BrFN3O. The summed E-state index contributed by atoms with van der Waals surface area (Å²) < 4.78 is 16.2. The largest absolute Gasteiger partial charge is 0.330 e. The van der Waals surface area contributed by atoms with E-state index in [0.717, 1.165) is 4.47 Å². The van der Waals surface area contributed by atoms with Crippen LogP contribution in [0.4, 0.5) is 4.39 Å². The molecule has 0 saturated heterocycles. The lowest BCUT2D eigenvalue weighted by Gasteiger charge is -2.21. The molecule has 1 aromatic carbocycles. The molecule has 0 aliphatic heterocycles. The Morgan fingerprint density at radius 1 is 1.57 bits per heavy atom. The number of hydrogen-bond acceptors (Lipinski definition) is 2. The second-order valence-corrected chi connectivity index (χ2v) is 5.53. The van der Waals surface area contributed by atoms with Gasteiger partial charge in [0.25, 0.3) is 5.91 Å². The third kappa shape index (κ3) is 3.78. The number of halogens is 2. The highest BCUT2D eigenvalue weighted by Gasteiger charge is 2.18. The van der Waals surface area contributed by atoms with Crippen LogP contribution in [0.2, 0.25) is 0 Å². The number of aromatic nitrogens is 2. The zero-order valence-corrected chi connectivity index (χ0v) is 13.2. The molecule has 0 atom stereocenters. The summed E-state index contributed by atoms with van der Waals surface area (Å²) in [6.07, 6.45) is 4.75. The Morgan fingerprint density at radius 3 is 2.95 bits per heavy atom. The SMILES string of the molecule is C=CCN(Cc1cc(Br)ccc1F)C(=O)c1cnn(C)c1. The summed E-state index contributed by atoms with van der Waals surface area (Å²) in [4.78, 5) is 14.0. The van der Waals surface area contributed by atoms with Gasteiger partial charge in [0.1, 0.15) is 5.82 Å². The number of amides is 1. The van der Waals surface area contributed by atoms with Crippen LogP contribution in [0.15, 0.2) is 47.7 Å². The Hall–Kier alpha value is -1.95. The highest BCUT2D eigenvalue weighted by Crippen LogP contribution is 2.18. The summed E-state index contributed by atoms with van der Waals surface area (Å²) in [5, 5.41) is 3.98. The van der Waals surface area contributed by atoms with Gasteiger partial charge in [0.05, 0.1) is 11.8 Å². The molecule has 0 N–H and O–H groups in total. The Kier molecular flexibility index (Phi) is 4.90. The van der Waals surface area contributed by atoms with Crippen molar-refractivity contribution in [1.82, 2.24) is 14.7 Å². The Labute approximate surface area is 131 Å². The number of carbonyl (C=O) groups is 1. The number of aryl methyl sites for hydroxylation is 1.